The molecule has 3 aromatic rings. The second-order valence-electron chi connectivity index (χ2n) is 8.79. The third-order valence-electron chi connectivity index (χ3n) is 6.67. The van der Waals surface area contributed by atoms with Crippen LogP contribution in [0.4, 0.5) is 4.39 Å². The van der Waals surface area contributed by atoms with Crippen LogP contribution in [0.15, 0.2) is 54.6 Å². The van der Waals surface area contributed by atoms with Gasteiger partial charge in [-0.15, -0.1) is 0 Å². The van der Waals surface area contributed by atoms with E-state index in [4.69, 9.17) is 0 Å². The highest BCUT2D eigenvalue weighted by Gasteiger charge is 2.32. The Morgan fingerprint density at radius 3 is 2.45 bits per heavy atom. The summed E-state index contributed by atoms with van der Waals surface area (Å²) < 4.78 is 15.1. The molecule has 170 valence electrons. The number of carbonyl (C=O) groups excluding carboxylic acids is 2. The van der Waals surface area contributed by atoms with Crippen LogP contribution in [0.3, 0.4) is 0 Å². The zero-order valence-electron chi connectivity index (χ0n) is 18.5. The van der Waals surface area contributed by atoms with Crippen molar-refractivity contribution >= 4 is 11.8 Å². The number of benzene rings is 2. The number of piperidine rings is 1. The molecule has 1 aliphatic carbocycles. The maximum absolute atomic E-state index is 13.4. The molecule has 2 amide bonds. The van der Waals surface area contributed by atoms with E-state index in [1.807, 2.05) is 35.2 Å². The topological polar surface area (TPSA) is 67.2 Å². The molecular formula is C26H27FN4O2. The summed E-state index contributed by atoms with van der Waals surface area (Å²) in [6.45, 7) is 1.60. The molecule has 0 radical (unpaired) electrons. The van der Waals surface area contributed by atoms with Crippen molar-refractivity contribution in [3.05, 3.63) is 82.9 Å². The van der Waals surface area contributed by atoms with Gasteiger partial charge in [0, 0.05) is 36.8 Å². The fraction of sp³-hybridized carbons (Fsp3) is 0.346. The molecule has 1 aromatic heterocycles. The van der Waals surface area contributed by atoms with Gasteiger partial charge in [0.2, 0.25) is 5.91 Å². The highest BCUT2D eigenvalue weighted by molar-refractivity contribution is 5.94. The first kappa shape index (κ1) is 21.4. The molecule has 1 aliphatic heterocycles. The Labute approximate surface area is 192 Å². The molecule has 2 aliphatic rings. The summed E-state index contributed by atoms with van der Waals surface area (Å²) >= 11 is 0. The summed E-state index contributed by atoms with van der Waals surface area (Å²) in [7, 11) is 0. The van der Waals surface area contributed by atoms with Gasteiger partial charge >= 0.3 is 0 Å². The van der Waals surface area contributed by atoms with Crippen molar-refractivity contribution in [2.24, 2.45) is 5.92 Å². The second kappa shape index (κ2) is 9.17. The minimum absolute atomic E-state index is 0.0485. The zero-order chi connectivity index (χ0) is 22.8. The molecule has 0 unspecified atom stereocenters. The lowest BCUT2D eigenvalue weighted by molar-refractivity contribution is -0.126. The van der Waals surface area contributed by atoms with Crippen LogP contribution in [0.2, 0.25) is 0 Å². The van der Waals surface area contributed by atoms with E-state index in [1.165, 1.54) is 12.1 Å². The number of nitrogens with zero attached hydrogens (tertiary/aromatic N) is 3. The lowest BCUT2D eigenvalue weighted by atomic mass is 9.95. The van der Waals surface area contributed by atoms with Crippen molar-refractivity contribution in [3.63, 3.8) is 0 Å². The van der Waals surface area contributed by atoms with Crippen LogP contribution in [0.1, 0.15) is 46.6 Å². The number of rotatable bonds is 5. The van der Waals surface area contributed by atoms with E-state index in [2.05, 4.69) is 10.4 Å². The number of carbonyl (C=O) groups is 2. The lowest BCUT2D eigenvalue weighted by Gasteiger charge is -2.31. The van der Waals surface area contributed by atoms with Gasteiger partial charge in [-0.25, -0.2) is 9.07 Å². The number of aromatic nitrogens is 2. The van der Waals surface area contributed by atoms with Crippen LogP contribution >= 0.6 is 0 Å². The van der Waals surface area contributed by atoms with Crippen molar-refractivity contribution in [2.75, 3.05) is 13.1 Å². The molecule has 1 saturated heterocycles. The van der Waals surface area contributed by atoms with Crippen LogP contribution < -0.4 is 5.32 Å². The molecule has 33 heavy (non-hydrogen) atoms. The summed E-state index contributed by atoms with van der Waals surface area (Å²) in [6, 6.07) is 16.1. The quantitative estimate of drug-likeness (QED) is 0.650. The van der Waals surface area contributed by atoms with Crippen LogP contribution in [0.25, 0.3) is 5.69 Å². The average Bonchev–Trinajstić information content (AvgIpc) is 3.47. The number of halogens is 1. The van der Waals surface area contributed by atoms with Gasteiger partial charge in [0.15, 0.2) is 5.69 Å². The molecule has 6 nitrogen and oxygen atoms in total. The molecule has 2 aromatic carbocycles. The van der Waals surface area contributed by atoms with Crippen molar-refractivity contribution in [3.8, 4) is 5.69 Å². The van der Waals surface area contributed by atoms with Gasteiger partial charge in [-0.3, -0.25) is 9.59 Å². The van der Waals surface area contributed by atoms with Crippen LogP contribution in [0, 0.1) is 11.7 Å². The Morgan fingerprint density at radius 1 is 1.00 bits per heavy atom. The molecule has 2 heterocycles. The molecule has 5 rings (SSSR count). The van der Waals surface area contributed by atoms with Gasteiger partial charge in [0.1, 0.15) is 5.82 Å². The van der Waals surface area contributed by atoms with Crippen LogP contribution in [0.5, 0.6) is 0 Å². The van der Waals surface area contributed by atoms with Gasteiger partial charge in [-0.1, -0.05) is 30.3 Å². The predicted octanol–water partition coefficient (Wildman–Crippen LogP) is 3.67. The summed E-state index contributed by atoms with van der Waals surface area (Å²) in [4.78, 5) is 27.7. The average molecular weight is 447 g/mol. The summed E-state index contributed by atoms with van der Waals surface area (Å²) in [5, 5.41) is 7.67. The fourth-order valence-electron chi connectivity index (χ4n) is 4.83. The smallest absolute Gasteiger partial charge is 0.274 e. The number of likely N-dealkylation sites (tertiary alicyclic amines) is 1. The van der Waals surface area contributed by atoms with Crippen LogP contribution in [-0.4, -0.2) is 39.6 Å². The summed E-state index contributed by atoms with van der Waals surface area (Å²) in [5.41, 5.74) is 4.39. The van der Waals surface area contributed by atoms with Gasteiger partial charge < -0.3 is 10.2 Å². The van der Waals surface area contributed by atoms with Crippen molar-refractivity contribution < 1.29 is 14.0 Å². The fourth-order valence-corrected chi connectivity index (χ4v) is 4.83. The first-order valence-electron chi connectivity index (χ1n) is 11.6. The maximum atomic E-state index is 13.4. The minimum atomic E-state index is -0.297. The van der Waals surface area contributed by atoms with E-state index in [0.717, 1.165) is 41.8 Å². The Morgan fingerprint density at radius 2 is 1.73 bits per heavy atom. The number of hydrogen-bond acceptors (Lipinski definition) is 3. The molecule has 1 N–H and O–H groups in total. The Hall–Kier alpha value is -3.48. The normalized spacial score (nSPS) is 16.0. The van der Waals surface area contributed by atoms with Gasteiger partial charge in [-0.05, 0) is 61.9 Å². The number of fused-ring (bicyclic) bond motifs is 1. The molecule has 0 atom stereocenters. The standard InChI is InChI=1S/C26H27FN4O2/c27-20-9-11-21(12-10-20)31-23-8-4-7-22(23)24(29-31)26(33)30-15-13-19(14-16-30)25(32)28-17-18-5-2-1-3-6-18/h1-3,5-6,9-12,19H,4,7-8,13-17H2,(H,28,32). The lowest BCUT2D eigenvalue weighted by Crippen LogP contribution is -2.43. The van der Waals surface area contributed by atoms with Gasteiger partial charge in [-0.2, -0.15) is 5.10 Å². The van der Waals surface area contributed by atoms with Crippen molar-refractivity contribution in [1.82, 2.24) is 20.0 Å². The summed E-state index contributed by atoms with van der Waals surface area (Å²) in [6.07, 6.45) is 3.96. The largest absolute Gasteiger partial charge is 0.352 e. The first-order chi connectivity index (χ1) is 16.1. The number of hydrogen-bond donors (Lipinski definition) is 1. The molecular weight excluding hydrogens is 419 g/mol. The molecule has 0 saturated carbocycles. The highest BCUT2D eigenvalue weighted by Crippen LogP contribution is 2.29. The monoisotopic (exact) mass is 446 g/mol. The Kier molecular flexibility index (Phi) is 5.94. The van der Waals surface area contributed by atoms with E-state index < -0.39 is 0 Å². The third-order valence-corrected chi connectivity index (χ3v) is 6.67. The molecule has 0 bridgehead atoms. The first-order valence-corrected chi connectivity index (χ1v) is 11.6. The van der Waals surface area contributed by atoms with Gasteiger partial charge in [0.25, 0.3) is 5.91 Å². The van der Waals surface area contributed by atoms with E-state index in [-0.39, 0.29) is 23.5 Å². The number of nitrogens with one attached hydrogen (secondary N) is 1. The maximum Gasteiger partial charge on any atom is 0.274 e. The Bertz CT molecular complexity index is 1150. The molecule has 1 fully saturated rings. The number of amides is 2. The van der Waals surface area contributed by atoms with E-state index in [1.54, 1.807) is 16.8 Å². The Balaban J connectivity index is 1.24. The highest BCUT2D eigenvalue weighted by atomic mass is 19.1. The third kappa shape index (κ3) is 4.40. The van der Waals surface area contributed by atoms with Gasteiger partial charge in [0.05, 0.1) is 5.69 Å². The van der Waals surface area contributed by atoms with E-state index in [0.29, 0.717) is 38.2 Å². The van der Waals surface area contributed by atoms with Crippen molar-refractivity contribution in [2.45, 2.75) is 38.6 Å². The van der Waals surface area contributed by atoms with Crippen molar-refractivity contribution in [1.29, 1.82) is 0 Å². The van der Waals surface area contributed by atoms with Crippen LogP contribution in [-0.2, 0) is 24.2 Å². The second-order valence-corrected chi connectivity index (χ2v) is 8.79. The molecule has 7 heteroatoms. The minimum Gasteiger partial charge on any atom is -0.352 e. The predicted molar refractivity (Wildman–Crippen MR) is 122 cm³/mol. The SMILES string of the molecule is O=C(NCc1ccccc1)C1CCN(C(=O)c2nn(-c3ccc(F)cc3)c3c2CCC3)CC1. The van der Waals surface area contributed by atoms with E-state index >= 15 is 0 Å². The van der Waals surface area contributed by atoms with E-state index in [9.17, 15) is 14.0 Å². The molecule has 0 spiro atoms. The summed E-state index contributed by atoms with van der Waals surface area (Å²) in [5.74, 6) is -0.403. The zero-order valence-corrected chi connectivity index (χ0v) is 18.5.